The number of benzene rings is 2. The molecule has 0 radical (unpaired) electrons. The van der Waals surface area contributed by atoms with Crippen molar-refractivity contribution in [3.63, 3.8) is 0 Å². The average molecular weight is 313 g/mol. The van der Waals surface area contributed by atoms with E-state index in [9.17, 15) is 4.79 Å². The predicted octanol–water partition coefficient (Wildman–Crippen LogP) is 4.46. The number of Topliss-reactive ketones (excluding diaryl/α,β-unsaturated/α-hetero) is 1. The van der Waals surface area contributed by atoms with Crippen LogP contribution in [0.1, 0.15) is 45.3 Å². The third-order valence-corrected chi connectivity index (χ3v) is 4.95. The standard InChI is InChI=1S/C17H13BrO/c18-12-6-5-10-7-11-8-16(15(10)9-12)17(19)14-4-2-1-3-13(11)14/h1-6,9,11,16H,7-8H2/t11-,16-/m0/s1. The normalized spacial score (nSPS) is 23.7. The molecule has 0 saturated heterocycles. The van der Waals surface area contributed by atoms with E-state index in [1.807, 2.05) is 18.2 Å². The molecule has 2 aromatic rings. The van der Waals surface area contributed by atoms with Crippen molar-refractivity contribution in [1.82, 2.24) is 0 Å². The summed E-state index contributed by atoms with van der Waals surface area (Å²) in [6.45, 7) is 0. The summed E-state index contributed by atoms with van der Waals surface area (Å²) in [6.07, 6.45) is 2.03. The molecule has 0 aliphatic heterocycles. The van der Waals surface area contributed by atoms with Gasteiger partial charge in [0.15, 0.2) is 5.78 Å². The van der Waals surface area contributed by atoms with E-state index in [0.29, 0.717) is 11.7 Å². The highest BCUT2D eigenvalue weighted by Crippen LogP contribution is 2.47. The average Bonchev–Trinajstić information content (AvgIpc) is 2.45. The van der Waals surface area contributed by atoms with Crippen LogP contribution in [0.15, 0.2) is 46.9 Å². The lowest BCUT2D eigenvalue weighted by atomic mass is 9.66. The van der Waals surface area contributed by atoms with E-state index in [1.165, 1.54) is 16.7 Å². The minimum absolute atomic E-state index is 0.0566. The molecule has 2 heteroatoms. The number of rotatable bonds is 0. The van der Waals surface area contributed by atoms with E-state index in [1.54, 1.807) is 0 Å². The summed E-state index contributed by atoms with van der Waals surface area (Å²) in [7, 11) is 0. The van der Waals surface area contributed by atoms with Crippen LogP contribution in [0.4, 0.5) is 0 Å². The lowest BCUT2D eigenvalue weighted by Gasteiger charge is -2.36. The van der Waals surface area contributed by atoms with Gasteiger partial charge in [0, 0.05) is 16.0 Å². The molecule has 94 valence electrons. The van der Waals surface area contributed by atoms with Gasteiger partial charge >= 0.3 is 0 Å². The van der Waals surface area contributed by atoms with Crippen LogP contribution in [0.5, 0.6) is 0 Å². The SMILES string of the molecule is O=C1c2ccccc2[C@H]2Cc3ccc(Br)cc3[C@@H]1C2. The summed E-state index contributed by atoms with van der Waals surface area (Å²) in [4.78, 5) is 12.7. The molecule has 4 rings (SSSR count). The van der Waals surface area contributed by atoms with Crippen molar-refractivity contribution in [3.05, 3.63) is 69.2 Å². The molecule has 2 atom stereocenters. The first-order chi connectivity index (χ1) is 9.24. The maximum Gasteiger partial charge on any atom is 0.170 e. The second kappa shape index (κ2) is 4.04. The zero-order valence-corrected chi connectivity index (χ0v) is 12.0. The number of fused-ring (bicyclic) bond motifs is 6. The van der Waals surface area contributed by atoms with Gasteiger partial charge in [0.05, 0.1) is 0 Å². The maximum absolute atomic E-state index is 12.7. The van der Waals surface area contributed by atoms with Gasteiger partial charge in [-0.05, 0) is 47.6 Å². The van der Waals surface area contributed by atoms with Crippen LogP contribution >= 0.6 is 15.9 Å². The van der Waals surface area contributed by atoms with E-state index in [0.717, 1.165) is 22.9 Å². The molecular weight excluding hydrogens is 300 g/mol. The molecule has 0 unspecified atom stereocenters. The molecule has 2 aliphatic carbocycles. The van der Waals surface area contributed by atoms with Gasteiger partial charge in [0.25, 0.3) is 0 Å². The van der Waals surface area contributed by atoms with Crippen molar-refractivity contribution in [1.29, 1.82) is 0 Å². The summed E-state index contributed by atoms with van der Waals surface area (Å²) in [6, 6.07) is 14.5. The minimum atomic E-state index is 0.0566. The van der Waals surface area contributed by atoms with Gasteiger partial charge in [0.2, 0.25) is 0 Å². The first-order valence-corrected chi connectivity index (χ1v) is 7.45. The Morgan fingerprint density at radius 3 is 2.79 bits per heavy atom. The van der Waals surface area contributed by atoms with Gasteiger partial charge in [-0.25, -0.2) is 0 Å². The highest BCUT2D eigenvalue weighted by atomic mass is 79.9. The van der Waals surface area contributed by atoms with E-state index < -0.39 is 0 Å². The Balaban J connectivity index is 1.92. The zero-order chi connectivity index (χ0) is 13.0. The van der Waals surface area contributed by atoms with Gasteiger partial charge in [-0.2, -0.15) is 0 Å². The monoisotopic (exact) mass is 312 g/mol. The smallest absolute Gasteiger partial charge is 0.170 e. The predicted molar refractivity (Wildman–Crippen MR) is 78.7 cm³/mol. The summed E-state index contributed by atoms with van der Waals surface area (Å²) in [5, 5.41) is 0. The molecule has 0 N–H and O–H groups in total. The number of ketones is 1. The van der Waals surface area contributed by atoms with Gasteiger partial charge in [0.1, 0.15) is 0 Å². The Labute approximate surface area is 120 Å². The Bertz CT molecular complexity index is 689. The van der Waals surface area contributed by atoms with Gasteiger partial charge < -0.3 is 0 Å². The second-order valence-electron chi connectivity index (χ2n) is 5.48. The molecule has 0 fully saturated rings. The second-order valence-corrected chi connectivity index (χ2v) is 6.40. The fourth-order valence-electron chi connectivity index (χ4n) is 3.59. The Morgan fingerprint density at radius 1 is 1.05 bits per heavy atom. The van der Waals surface area contributed by atoms with Crippen LogP contribution in [0, 0.1) is 0 Å². The zero-order valence-electron chi connectivity index (χ0n) is 10.4. The van der Waals surface area contributed by atoms with E-state index in [2.05, 4.69) is 40.2 Å². The highest BCUT2D eigenvalue weighted by Gasteiger charge is 2.38. The quantitative estimate of drug-likeness (QED) is 0.702. The summed E-state index contributed by atoms with van der Waals surface area (Å²) in [5.74, 6) is 0.861. The molecule has 0 aromatic heterocycles. The molecule has 1 nitrogen and oxygen atoms in total. The van der Waals surface area contributed by atoms with Crippen molar-refractivity contribution < 1.29 is 4.79 Å². The molecule has 2 aromatic carbocycles. The Kier molecular flexibility index (Phi) is 2.43. The van der Waals surface area contributed by atoms with Crippen molar-refractivity contribution in [2.75, 3.05) is 0 Å². The lowest BCUT2D eigenvalue weighted by molar-refractivity contribution is 0.0933. The number of carbonyl (C=O) groups is 1. The number of carbonyl (C=O) groups excluding carboxylic acids is 1. The molecule has 2 aliphatic rings. The topological polar surface area (TPSA) is 17.1 Å². The van der Waals surface area contributed by atoms with Crippen LogP contribution in [-0.2, 0) is 6.42 Å². The minimum Gasteiger partial charge on any atom is -0.293 e. The molecule has 19 heavy (non-hydrogen) atoms. The molecule has 0 heterocycles. The fraction of sp³-hybridized carbons (Fsp3) is 0.235. The van der Waals surface area contributed by atoms with E-state index in [4.69, 9.17) is 0 Å². The number of hydrogen-bond donors (Lipinski definition) is 0. The van der Waals surface area contributed by atoms with E-state index in [-0.39, 0.29) is 5.92 Å². The molecule has 2 bridgehead atoms. The Morgan fingerprint density at radius 2 is 1.89 bits per heavy atom. The van der Waals surface area contributed by atoms with E-state index >= 15 is 0 Å². The first kappa shape index (κ1) is 11.4. The number of halogens is 1. The van der Waals surface area contributed by atoms with Crippen LogP contribution in [0.2, 0.25) is 0 Å². The van der Waals surface area contributed by atoms with Gasteiger partial charge in [-0.1, -0.05) is 46.3 Å². The van der Waals surface area contributed by atoms with Crippen molar-refractivity contribution in [2.45, 2.75) is 24.7 Å². The summed E-state index contributed by atoms with van der Waals surface area (Å²) >= 11 is 3.52. The molecular formula is C17H13BrO. The van der Waals surface area contributed by atoms with Crippen LogP contribution in [0.25, 0.3) is 0 Å². The largest absolute Gasteiger partial charge is 0.293 e. The third-order valence-electron chi connectivity index (χ3n) is 4.45. The summed E-state index contributed by atoms with van der Waals surface area (Å²) in [5.41, 5.74) is 4.75. The fourth-order valence-corrected chi connectivity index (χ4v) is 3.97. The maximum atomic E-state index is 12.7. The molecule has 0 amide bonds. The van der Waals surface area contributed by atoms with Crippen LogP contribution in [-0.4, -0.2) is 5.78 Å². The lowest BCUT2D eigenvalue weighted by Crippen LogP contribution is -2.30. The molecule has 0 spiro atoms. The van der Waals surface area contributed by atoms with Crippen molar-refractivity contribution >= 4 is 21.7 Å². The van der Waals surface area contributed by atoms with Crippen LogP contribution < -0.4 is 0 Å². The van der Waals surface area contributed by atoms with Crippen LogP contribution in [0.3, 0.4) is 0 Å². The first-order valence-electron chi connectivity index (χ1n) is 6.65. The van der Waals surface area contributed by atoms with Gasteiger partial charge in [-0.3, -0.25) is 4.79 Å². The Hall–Kier alpha value is -1.41. The highest BCUT2D eigenvalue weighted by molar-refractivity contribution is 9.10. The third kappa shape index (κ3) is 1.63. The molecule has 0 saturated carbocycles. The van der Waals surface area contributed by atoms with Crippen molar-refractivity contribution in [2.24, 2.45) is 0 Å². The number of hydrogen-bond acceptors (Lipinski definition) is 1. The summed E-state index contributed by atoms with van der Waals surface area (Å²) < 4.78 is 1.07. The van der Waals surface area contributed by atoms with Crippen molar-refractivity contribution in [3.8, 4) is 0 Å². The van der Waals surface area contributed by atoms with Gasteiger partial charge in [-0.15, -0.1) is 0 Å².